The average molecular weight is 247 g/mol. The molecule has 1 aromatic heterocycles. The predicted molar refractivity (Wildman–Crippen MR) is 71.1 cm³/mol. The van der Waals surface area contributed by atoms with Gasteiger partial charge in [0, 0.05) is 19.8 Å². The molecule has 1 aromatic rings. The van der Waals surface area contributed by atoms with Gasteiger partial charge in [-0.2, -0.15) is 0 Å². The average Bonchev–Trinajstić information content (AvgIpc) is 2.78. The summed E-state index contributed by atoms with van der Waals surface area (Å²) in [7, 11) is 1.68. The van der Waals surface area contributed by atoms with Crippen molar-refractivity contribution >= 4 is 5.91 Å². The first kappa shape index (κ1) is 13.0. The zero-order valence-corrected chi connectivity index (χ0v) is 11.3. The summed E-state index contributed by atoms with van der Waals surface area (Å²) in [5, 5.41) is 6.18. The van der Waals surface area contributed by atoms with E-state index in [0.29, 0.717) is 6.54 Å². The highest BCUT2D eigenvalue weighted by molar-refractivity contribution is 5.81. The Morgan fingerprint density at radius 1 is 1.56 bits per heavy atom. The van der Waals surface area contributed by atoms with Gasteiger partial charge in [0.1, 0.15) is 0 Å². The number of aromatic nitrogens is 1. The summed E-state index contributed by atoms with van der Waals surface area (Å²) >= 11 is 0. The molecule has 1 amide bonds. The van der Waals surface area contributed by atoms with E-state index in [1.165, 1.54) is 5.56 Å². The normalized spacial score (nSPS) is 18.5. The van der Waals surface area contributed by atoms with Crippen molar-refractivity contribution in [3.63, 3.8) is 0 Å². The minimum Gasteiger partial charge on any atom is -0.359 e. The molecule has 0 saturated carbocycles. The summed E-state index contributed by atoms with van der Waals surface area (Å²) in [6.07, 6.45) is 3.97. The highest BCUT2D eigenvalue weighted by Gasteiger charge is 2.30. The third kappa shape index (κ3) is 2.53. The van der Waals surface area contributed by atoms with Crippen molar-refractivity contribution in [1.82, 2.24) is 15.6 Å². The molecule has 0 aromatic carbocycles. The summed E-state index contributed by atoms with van der Waals surface area (Å²) in [6.45, 7) is 4.56. The molecule has 1 aliphatic rings. The van der Waals surface area contributed by atoms with Crippen molar-refractivity contribution in [2.75, 3.05) is 13.6 Å². The fourth-order valence-electron chi connectivity index (χ4n) is 2.41. The van der Waals surface area contributed by atoms with Crippen LogP contribution < -0.4 is 10.6 Å². The lowest BCUT2D eigenvalue weighted by atomic mass is 9.92. The lowest BCUT2D eigenvalue weighted by Gasteiger charge is -2.25. The van der Waals surface area contributed by atoms with Gasteiger partial charge >= 0.3 is 0 Å². The highest BCUT2D eigenvalue weighted by Crippen LogP contribution is 2.29. The molecule has 0 bridgehead atoms. The van der Waals surface area contributed by atoms with Crippen LogP contribution >= 0.6 is 0 Å². The predicted octanol–water partition coefficient (Wildman–Crippen LogP) is 1.43. The maximum atomic E-state index is 11.7. The van der Waals surface area contributed by atoms with Crippen LogP contribution in [0.25, 0.3) is 0 Å². The maximum Gasteiger partial charge on any atom is 0.226 e. The van der Waals surface area contributed by atoms with Gasteiger partial charge < -0.3 is 10.6 Å². The number of carbonyl (C=O) groups excluding carboxylic acids is 1. The molecule has 4 nitrogen and oxygen atoms in total. The molecule has 0 aliphatic heterocycles. The van der Waals surface area contributed by atoms with Crippen molar-refractivity contribution in [3.05, 3.63) is 29.6 Å². The molecule has 0 fully saturated rings. The quantitative estimate of drug-likeness (QED) is 0.846. The van der Waals surface area contributed by atoms with Crippen molar-refractivity contribution in [2.45, 2.75) is 32.7 Å². The van der Waals surface area contributed by atoms with Gasteiger partial charge in [0.15, 0.2) is 0 Å². The second-order valence-corrected chi connectivity index (χ2v) is 5.48. The van der Waals surface area contributed by atoms with Gasteiger partial charge in [-0.25, -0.2) is 0 Å². The molecule has 0 saturated heterocycles. The Labute approximate surface area is 108 Å². The number of aryl methyl sites for hydroxylation is 1. The lowest BCUT2D eigenvalue weighted by molar-refractivity contribution is -0.128. The van der Waals surface area contributed by atoms with Gasteiger partial charge in [0.25, 0.3) is 0 Å². The molecule has 1 aliphatic carbocycles. The number of amides is 1. The van der Waals surface area contributed by atoms with Gasteiger partial charge in [-0.15, -0.1) is 0 Å². The summed E-state index contributed by atoms with van der Waals surface area (Å²) in [5.41, 5.74) is 2.07. The van der Waals surface area contributed by atoms with E-state index in [1.54, 1.807) is 7.05 Å². The number of hydrogen-bond donors (Lipinski definition) is 2. The van der Waals surface area contributed by atoms with Crippen LogP contribution in [0.4, 0.5) is 0 Å². The molecular formula is C14H21N3O. The van der Waals surface area contributed by atoms with E-state index in [2.05, 4.69) is 21.7 Å². The van der Waals surface area contributed by atoms with E-state index >= 15 is 0 Å². The Morgan fingerprint density at radius 2 is 2.33 bits per heavy atom. The molecule has 4 heteroatoms. The van der Waals surface area contributed by atoms with E-state index in [0.717, 1.165) is 18.5 Å². The van der Waals surface area contributed by atoms with Crippen LogP contribution in [0, 0.1) is 5.41 Å². The molecule has 2 rings (SSSR count). The van der Waals surface area contributed by atoms with Crippen LogP contribution in [0.1, 0.15) is 37.6 Å². The lowest BCUT2D eigenvalue weighted by Crippen LogP contribution is -2.42. The number of fused-ring (bicyclic) bond motifs is 1. The smallest absolute Gasteiger partial charge is 0.226 e. The number of carbonyl (C=O) groups is 1. The van der Waals surface area contributed by atoms with Crippen molar-refractivity contribution in [2.24, 2.45) is 5.41 Å². The second-order valence-electron chi connectivity index (χ2n) is 5.48. The van der Waals surface area contributed by atoms with E-state index < -0.39 is 5.41 Å². The standard InChI is InChI=1S/C14H21N3O/c1-14(2,13(18)15-3)9-17-11-7-6-10-5-4-8-16-12(10)11/h4-5,8,11,17H,6-7,9H2,1-3H3,(H,15,18). The first-order valence-corrected chi connectivity index (χ1v) is 6.44. The third-order valence-corrected chi connectivity index (χ3v) is 3.59. The Morgan fingerprint density at radius 3 is 3.06 bits per heavy atom. The Hall–Kier alpha value is -1.42. The van der Waals surface area contributed by atoms with Crippen molar-refractivity contribution in [3.8, 4) is 0 Å². The van der Waals surface area contributed by atoms with Gasteiger partial charge in [-0.3, -0.25) is 9.78 Å². The molecule has 1 unspecified atom stereocenters. The number of rotatable bonds is 4. The number of pyridine rings is 1. The summed E-state index contributed by atoms with van der Waals surface area (Å²) < 4.78 is 0. The van der Waals surface area contributed by atoms with Crippen LogP contribution in [0.2, 0.25) is 0 Å². The van der Waals surface area contributed by atoms with Crippen LogP contribution in [0.5, 0.6) is 0 Å². The van der Waals surface area contributed by atoms with Gasteiger partial charge in [-0.05, 0) is 38.3 Å². The highest BCUT2D eigenvalue weighted by atomic mass is 16.2. The first-order chi connectivity index (χ1) is 8.54. The molecule has 1 heterocycles. The fourth-order valence-corrected chi connectivity index (χ4v) is 2.41. The van der Waals surface area contributed by atoms with E-state index in [4.69, 9.17) is 0 Å². The SMILES string of the molecule is CNC(=O)C(C)(C)CNC1CCc2cccnc21. The summed E-state index contributed by atoms with van der Waals surface area (Å²) in [5.74, 6) is 0.0641. The zero-order chi connectivity index (χ0) is 13.2. The fraction of sp³-hybridized carbons (Fsp3) is 0.571. The Balaban J connectivity index is 1.99. The topological polar surface area (TPSA) is 54.0 Å². The van der Waals surface area contributed by atoms with Gasteiger partial charge in [-0.1, -0.05) is 6.07 Å². The molecule has 1 atom stereocenters. The van der Waals surface area contributed by atoms with E-state index in [9.17, 15) is 4.79 Å². The number of nitrogens with zero attached hydrogens (tertiary/aromatic N) is 1. The second kappa shape index (κ2) is 5.06. The molecular weight excluding hydrogens is 226 g/mol. The van der Waals surface area contributed by atoms with Gasteiger partial charge in [0.2, 0.25) is 5.91 Å². The molecule has 0 radical (unpaired) electrons. The summed E-state index contributed by atoms with van der Waals surface area (Å²) in [4.78, 5) is 16.2. The Kier molecular flexibility index (Phi) is 3.66. The monoisotopic (exact) mass is 247 g/mol. The van der Waals surface area contributed by atoms with E-state index in [1.807, 2.05) is 26.1 Å². The minimum atomic E-state index is -0.397. The maximum absolute atomic E-state index is 11.7. The van der Waals surface area contributed by atoms with E-state index in [-0.39, 0.29) is 11.9 Å². The minimum absolute atomic E-state index is 0.0641. The van der Waals surface area contributed by atoms with Gasteiger partial charge in [0.05, 0.1) is 17.2 Å². The van der Waals surface area contributed by atoms with Crippen molar-refractivity contribution in [1.29, 1.82) is 0 Å². The molecule has 0 spiro atoms. The molecule has 18 heavy (non-hydrogen) atoms. The van der Waals surface area contributed by atoms with Crippen LogP contribution in [0.15, 0.2) is 18.3 Å². The number of hydrogen-bond acceptors (Lipinski definition) is 3. The third-order valence-electron chi connectivity index (χ3n) is 3.59. The molecule has 2 N–H and O–H groups in total. The Bertz CT molecular complexity index is 442. The largest absolute Gasteiger partial charge is 0.359 e. The van der Waals surface area contributed by atoms with Crippen LogP contribution in [-0.2, 0) is 11.2 Å². The molecule has 98 valence electrons. The van der Waals surface area contributed by atoms with Crippen LogP contribution in [0.3, 0.4) is 0 Å². The summed E-state index contributed by atoms with van der Waals surface area (Å²) in [6, 6.07) is 4.40. The van der Waals surface area contributed by atoms with Crippen LogP contribution in [-0.4, -0.2) is 24.5 Å². The number of nitrogens with one attached hydrogen (secondary N) is 2. The van der Waals surface area contributed by atoms with Crippen molar-refractivity contribution < 1.29 is 4.79 Å². The zero-order valence-electron chi connectivity index (χ0n) is 11.3. The first-order valence-electron chi connectivity index (χ1n) is 6.44.